The van der Waals surface area contributed by atoms with Crippen molar-refractivity contribution in [2.45, 2.75) is 26.4 Å². The number of aryl methyl sites for hydroxylation is 1. The van der Waals surface area contributed by atoms with E-state index in [1.54, 1.807) is 11.3 Å². The summed E-state index contributed by atoms with van der Waals surface area (Å²) in [4.78, 5) is 9.70. The third kappa shape index (κ3) is 1.91. The van der Waals surface area contributed by atoms with Crippen LogP contribution < -0.4 is 5.32 Å². The van der Waals surface area contributed by atoms with Gasteiger partial charge in [0.15, 0.2) is 4.96 Å². The SMILES string of the molecule is Cc1nc2sccn2c1CNC(C)c1ncn[nH]1. The van der Waals surface area contributed by atoms with E-state index >= 15 is 0 Å². The zero-order chi connectivity index (χ0) is 12.5. The topological polar surface area (TPSA) is 70.9 Å². The molecule has 3 aromatic rings. The molecule has 0 aliphatic heterocycles. The molecular formula is C11H14N6S. The number of imidazole rings is 1. The standard InChI is InChI=1S/C11H14N6S/c1-7-9(17-3-4-18-11(17)15-7)5-12-8(2)10-13-6-14-16-10/h3-4,6,8,12H,5H2,1-2H3,(H,13,14,16). The molecule has 6 nitrogen and oxygen atoms in total. The van der Waals surface area contributed by atoms with E-state index < -0.39 is 0 Å². The van der Waals surface area contributed by atoms with Gasteiger partial charge in [-0.1, -0.05) is 0 Å². The van der Waals surface area contributed by atoms with Crippen LogP contribution in [0.4, 0.5) is 0 Å². The molecule has 3 aromatic heterocycles. The van der Waals surface area contributed by atoms with E-state index in [0.29, 0.717) is 0 Å². The Morgan fingerprint density at radius 3 is 3.22 bits per heavy atom. The van der Waals surface area contributed by atoms with Gasteiger partial charge in [0.25, 0.3) is 0 Å². The Morgan fingerprint density at radius 2 is 2.44 bits per heavy atom. The molecule has 0 aliphatic carbocycles. The van der Waals surface area contributed by atoms with Gasteiger partial charge in [0, 0.05) is 18.1 Å². The first-order valence-corrected chi connectivity index (χ1v) is 6.63. The first-order valence-electron chi connectivity index (χ1n) is 5.75. The number of H-pyrrole nitrogens is 1. The summed E-state index contributed by atoms with van der Waals surface area (Å²) < 4.78 is 2.13. The van der Waals surface area contributed by atoms with Crippen LogP contribution >= 0.6 is 11.3 Å². The van der Waals surface area contributed by atoms with Gasteiger partial charge in [-0.25, -0.2) is 9.97 Å². The molecule has 1 unspecified atom stereocenters. The minimum Gasteiger partial charge on any atom is -0.302 e. The van der Waals surface area contributed by atoms with E-state index in [0.717, 1.165) is 23.0 Å². The van der Waals surface area contributed by atoms with E-state index in [-0.39, 0.29) is 6.04 Å². The van der Waals surface area contributed by atoms with Crippen molar-refractivity contribution in [1.29, 1.82) is 0 Å². The molecule has 0 aliphatic rings. The lowest BCUT2D eigenvalue weighted by Gasteiger charge is -2.10. The lowest BCUT2D eigenvalue weighted by atomic mass is 10.3. The second kappa shape index (κ2) is 4.51. The fourth-order valence-corrected chi connectivity index (χ4v) is 2.70. The zero-order valence-electron chi connectivity index (χ0n) is 10.2. The Bertz CT molecular complexity index is 638. The van der Waals surface area contributed by atoms with Gasteiger partial charge in [0.05, 0.1) is 17.4 Å². The maximum Gasteiger partial charge on any atom is 0.194 e. The fourth-order valence-electron chi connectivity index (χ4n) is 1.92. The van der Waals surface area contributed by atoms with Crippen LogP contribution in [-0.4, -0.2) is 24.6 Å². The molecule has 2 N–H and O–H groups in total. The van der Waals surface area contributed by atoms with Crippen LogP contribution in [0.2, 0.25) is 0 Å². The van der Waals surface area contributed by atoms with Gasteiger partial charge >= 0.3 is 0 Å². The fraction of sp³-hybridized carbons (Fsp3) is 0.364. The highest BCUT2D eigenvalue weighted by Crippen LogP contribution is 2.17. The van der Waals surface area contributed by atoms with Gasteiger partial charge in [-0.2, -0.15) is 5.10 Å². The average Bonchev–Trinajstić information content (AvgIpc) is 3.02. The quantitative estimate of drug-likeness (QED) is 0.750. The van der Waals surface area contributed by atoms with Crippen LogP contribution in [0.5, 0.6) is 0 Å². The third-order valence-electron chi connectivity index (χ3n) is 2.98. The summed E-state index contributed by atoms with van der Waals surface area (Å²) in [6.45, 7) is 4.85. The lowest BCUT2D eigenvalue weighted by Crippen LogP contribution is -2.20. The average molecular weight is 262 g/mol. The monoisotopic (exact) mass is 262 g/mol. The van der Waals surface area contributed by atoms with E-state index in [9.17, 15) is 0 Å². The Balaban J connectivity index is 1.76. The molecular weight excluding hydrogens is 248 g/mol. The normalized spacial score (nSPS) is 13.2. The maximum atomic E-state index is 4.52. The number of thiazole rings is 1. The summed E-state index contributed by atoms with van der Waals surface area (Å²) >= 11 is 1.65. The molecule has 0 spiro atoms. The van der Waals surface area contributed by atoms with Gasteiger partial charge in [-0.3, -0.25) is 9.50 Å². The van der Waals surface area contributed by atoms with Crippen LogP contribution in [-0.2, 0) is 6.54 Å². The van der Waals surface area contributed by atoms with Crippen LogP contribution in [0, 0.1) is 6.92 Å². The number of hydrogen-bond donors (Lipinski definition) is 2. The Hall–Kier alpha value is -1.73. The molecule has 1 atom stereocenters. The van der Waals surface area contributed by atoms with Gasteiger partial charge in [-0.05, 0) is 13.8 Å². The zero-order valence-corrected chi connectivity index (χ0v) is 11.0. The molecule has 3 heterocycles. The molecule has 0 amide bonds. The second-order valence-electron chi connectivity index (χ2n) is 4.17. The first-order chi connectivity index (χ1) is 8.75. The summed E-state index contributed by atoms with van der Waals surface area (Å²) in [5.74, 6) is 0.846. The van der Waals surface area contributed by atoms with Gasteiger partial charge in [0.2, 0.25) is 0 Å². The highest BCUT2D eigenvalue weighted by Gasteiger charge is 2.12. The highest BCUT2D eigenvalue weighted by atomic mass is 32.1. The second-order valence-corrected chi connectivity index (χ2v) is 5.05. The van der Waals surface area contributed by atoms with Gasteiger partial charge < -0.3 is 5.32 Å². The van der Waals surface area contributed by atoms with Crippen molar-refractivity contribution in [3.8, 4) is 0 Å². The smallest absolute Gasteiger partial charge is 0.194 e. The third-order valence-corrected chi connectivity index (χ3v) is 3.74. The lowest BCUT2D eigenvalue weighted by molar-refractivity contribution is 0.539. The molecule has 0 radical (unpaired) electrons. The molecule has 0 saturated heterocycles. The Labute approximate surface area is 108 Å². The van der Waals surface area contributed by atoms with Crippen molar-refractivity contribution in [2.75, 3.05) is 0 Å². The Kier molecular flexibility index (Phi) is 2.85. The van der Waals surface area contributed by atoms with Gasteiger partial charge in [0.1, 0.15) is 12.2 Å². The Morgan fingerprint density at radius 1 is 1.56 bits per heavy atom. The number of hydrogen-bond acceptors (Lipinski definition) is 5. The van der Waals surface area contributed by atoms with Crippen molar-refractivity contribution in [3.63, 3.8) is 0 Å². The van der Waals surface area contributed by atoms with E-state index in [4.69, 9.17) is 0 Å². The molecule has 18 heavy (non-hydrogen) atoms. The molecule has 94 valence electrons. The molecule has 0 fully saturated rings. The molecule has 3 rings (SSSR count). The predicted molar refractivity (Wildman–Crippen MR) is 69.4 cm³/mol. The van der Waals surface area contributed by atoms with Crippen molar-refractivity contribution >= 4 is 16.3 Å². The number of nitrogens with one attached hydrogen (secondary N) is 2. The van der Waals surface area contributed by atoms with E-state index in [1.807, 2.05) is 12.3 Å². The molecule has 0 aromatic carbocycles. The summed E-state index contributed by atoms with van der Waals surface area (Å²) in [7, 11) is 0. The summed E-state index contributed by atoms with van der Waals surface area (Å²) in [5, 5.41) is 12.2. The van der Waals surface area contributed by atoms with E-state index in [1.165, 1.54) is 12.0 Å². The van der Waals surface area contributed by atoms with Crippen molar-refractivity contribution < 1.29 is 0 Å². The number of rotatable bonds is 4. The molecule has 7 heteroatoms. The number of aromatic amines is 1. The number of aromatic nitrogens is 5. The molecule has 0 bridgehead atoms. The number of fused-ring (bicyclic) bond motifs is 1. The van der Waals surface area contributed by atoms with Crippen LogP contribution in [0.3, 0.4) is 0 Å². The van der Waals surface area contributed by atoms with Crippen molar-refractivity contribution in [3.05, 3.63) is 35.1 Å². The van der Waals surface area contributed by atoms with Crippen LogP contribution in [0.25, 0.3) is 4.96 Å². The predicted octanol–water partition coefficient (Wildman–Crippen LogP) is 1.67. The minimum absolute atomic E-state index is 0.135. The summed E-state index contributed by atoms with van der Waals surface area (Å²) in [6, 6.07) is 0.135. The van der Waals surface area contributed by atoms with Crippen LogP contribution in [0.15, 0.2) is 17.9 Å². The molecule has 0 saturated carbocycles. The maximum absolute atomic E-state index is 4.52. The number of nitrogens with zero attached hydrogens (tertiary/aromatic N) is 4. The largest absolute Gasteiger partial charge is 0.302 e. The van der Waals surface area contributed by atoms with Crippen LogP contribution in [0.1, 0.15) is 30.2 Å². The van der Waals surface area contributed by atoms with Crippen molar-refractivity contribution in [2.24, 2.45) is 0 Å². The van der Waals surface area contributed by atoms with E-state index in [2.05, 4.69) is 43.0 Å². The van der Waals surface area contributed by atoms with Gasteiger partial charge in [-0.15, -0.1) is 11.3 Å². The summed E-state index contributed by atoms with van der Waals surface area (Å²) in [6.07, 6.45) is 3.57. The highest BCUT2D eigenvalue weighted by molar-refractivity contribution is 7.15. The first kappa shape index (κ1) is 11.4. The van der Waals surface area contributed by atoms with Crippen molar-refractivity contribution in [1.82, 2.24) is 29.9 Å². The minimum atomic E-state index is 0.135. The summed E-state index contributed by atoms with van der Waals surface area (Å²) in [5.41, 5.74) is 2.26.